The van der Waals surface area contributed by atoms with E-state index >= 15 is 0 Å². The van der Waals surface area contributed by atoms with Gasteiger partial charge in [-0.15, -0.1) is 0 Å². The Bertz CT molecular complexity index is 189. The summed E-state index contributed by atoms with van der Waals surface area (Å²) in [7, 11) is 0. The van der Waals surface area contributed by atoms with Crippen molar-refractivity contribution in [3.8, 4) is 0 Å². The summed E-state index contributed by atoms with van der Waals surface area (Å²) in [5.74, 6) is 0.828. The molecule has 0 bridgehead atoms. The highest BCUT2D eigenvalue weighted by Gasteiger charge is 2.27. The maximum absolute atomic E-state index is 4.46. The van der Waals surface area contributed by atoms with Crippen LogP contribution in [0.2, 0.25) is 0 Å². The highest BCUT2D eigenvalue weighted by Crippen LogP contribution is 2.32. The summed E-state index contributed by atoms with van der Waals surface area (Å²) in [4.78, 5) is 8.64. The van der Waals surface area contributed by atoms with Crippen LogP contribution in [0, 0.1) is 5.92 Å². The molecule has 1 aliphatic carbocycles. The van der Waals surface area contributed by atoms with E-state index in [1.807, 2.05) is 13.1 Å². The second-order valence-electron chi connectivity index (χ2n) is 3.06. The molecule has 0 aromatic heterocycles. The maximum Gasteiger partial charge on any atom is 0.136 e. The van der Waals surface area contributed by atoms with E-state index in [-0.39, 0.29) is 6.17 Å². The summed E-state index contributed by atoms with van der Waals surface area (Å²) in [6.07, 6.45) is 5.93. The van der Waals surface area contributed by atoms with Crippen LogP contribution in [0.15, 0.2) is 9.98 Å². The van der Waals surface area contributed by atoms with Crippen molar-refractivity contribution in [1.82, 2.24) is 0 Å². The summed E-state index contributed by atoms with van der Waals surface area (Å²) >= 11 is 0. The molecule has 10 heavy (non-hydrogen) atoms. The number of nitrogens with zero attached hydrogens (tertiary/aromatic N) is 2. The predicted octanol–water partition coefficient (Wildman–Crippen LogP) is 1.66. The van der Waals surface area contributed by atoms with Gasteiger partial charge in [0.2, 0.25) is 0 Å². The Morgan fingerprint density at radius 2 is 2.30 bits per heavy atom. The van der Waals surface area contributed by atoms with Crippen LogP contribution in [0.4, 0.5) is 0 Å². The first-order chi connectivity index (χ1) is 4.86. The maximum atomic E-state index is 4.46. The number of rotatable bonds is 1. The first kappa shape index (κ1) is 6.08. The predicted molar refractivity (Wildman–Crippen MR) is 42.7 cm³/mol. The Labute approximate surface area is 61.1 Å². The van der Waals surface area contributed by atoms with Crippen molar-refractivity contribution in [3.63, 3.8) is 0 Å². The van der Waals surface area contributed by atoms with Crippen LogP contribution in [-0.4, -0.2) is 18.1 Å². The van der Waals surface area contributed by atoms with Gasteiger partial charge >= 0.3 is 0 Å². The molecule has 2 nitrogen and oxygen atoms in total. The molecule has 0 amide bonds. The Kier molecular flexibility index (Phi) is 1.33. The molecule has 1 fully saturated rings. The quantitative estimate of drug-likeness (QED) is 0.523. The van der Waals surface area contributed by atoms with Gasteiger partial charge in [-0.25, -0.2) is 0 Å². The molecule has 0 aromatic carbocycles. The van der Waals surface area contributed by atoms with E-state index in [4.69, 9.17) is 0 Å². The molecule has 54 valence electrons. The number of aliphatic imine (C=N–C) groups is 2. The van der Waals surface area contributed by atoms with E-state index in [0.717, 1.165) is 12.3 Å². The monoisotopic (exact) mass is 136 g/mol. The van der Waals surface area contributed by atoms with Crippen LogP contribution in [0.3, 0.4) is 0 Å². The molecule has 1 saturated carbocycles. The molecule has 0 spiro atoms. The van der Waals surface area contributed by atoms with E-state index in [1.54, 1.807) is 0 Å². The van der Waals surface area contributed by atoms with Crippen molar-refractivity contribution >= 4 is 11.9 Å². The minimum Gasteiger partial charge on any atom is -0.271 e. The molecule has 1 aliphatic heterocycles. The van der Waals surface area contributed by atoms with Gasteiger partial charge in [-0.05, 0) is 25.7 Å². The van der Waals surface area contributed by atoms with Gasteiger partial charge in [0.25, 0.3) is 0 Å². The molecular formula is C8H12N2. The summed E-state index contributed by atoms with van der Waals surface area (Å²) < 4.78 is 0. The van der Waals surface area contributed by atoms with E-state index < -0.39 is 0 Å². The van der Waals surface area contributed by atoms with Gasteiger partial charge in [-0.3, -0.25) is 9.98 Å². The molecule has 1 heterocycles. The van der Waals surface area contributed by atoms with Crippen LogP contribution >= 0.6 is 0 Å². The zero-order chi connectivity index (χ0) is 6.97. The molecule has 2 aliphatic rings. The molecule has 0 radical (unpaired) electrons. The van der Waals surface area contributed by atoms with Crippen molar-refractivity contribution in [1.29, 1.82) is 0 Å². The Morgan fingerprint density at radius 1 is 1.50 bits per heavy atom. The van der Waals surface area contributed by atoms with Crippen molar-refractivity contribution in [2.45, 2.75) is 32.4 Å². The van der Waals surface area contributed by atoms with Crippen LogP contribution < -0.4 is 0 Å². The lowest BCUT2D eigenvalue weighted by atomic mass is 10.2. The average molecular weight is 136 g/mol. The first-order valence-corrected chi connectivity index (χ1v) is 3.94. The molecule has 1 atom stereocenters. The standard InChI is InChI=1S/C8H12N2/c1-6-9-5-4-8(10-6)7-2-3-7/h5-7H,2-4H2,1H3. The van der Waals surface area contributed by atoms with Gasteiger partial charge in [0.1, 0.15) is 6.17 Å². The topological polar surface area (TPSA) is 24.7 Å². The van der Waals surface area contributed by atoms with Crippen molar-refractivity contribution in [3.05, 3.63) is 0 Å². The molecule has 0 saturated heterocycles. The fourth-order valence-corrected chi connectivity index (χ4v) is 1.31. The lowest BCUT2D eigenvalue weighted by molar-refractivity contribution is 0.775. The van der Waals surface area contributed by atoms with Crippen LogP contribution in [0.5, 0.6) is 0 Å². The SMILES string of the molecule is CC1N=CCC(C2CC2)=N1. The van der Waals surface area contributed by atoms with Crippen molar-refractivity contribution in [2.75, 3.05) is 0 Å². The van der Waals surface area contributed by atoms with Crippen molar-refractivity contribution < 1.29 is 0 Å². The largest absolute Gasteiger partial charge is 0.271 e. The van der Waals surface area contributed by atoms with E-state index in [1.165, 1.54) is 18.6 Å². The van der Waals surface area contributed by atoms with E-state index in [2.05, 4.69) is 9.98 Å². The summed E-state index contributed by atoms with van der Waals surface area (Å²) in [6.45, 7) is 2.04. The number of hydrogen-bond donors (Lipinski definition) is 0. The Morgan fingerprint density at radius 3 is 2.90 bits per heavy atom. The zero-order valence-electron chi connectivity index (χ0n) is 6.25. The van der Waals surface area contributed by atoms with Gasteiger partial charge in [0.15, 0.2) is 0 Å². The number of hydrogen-bond acceptors (Lipinski definition) is 2. The molecule has 2 rings (SSSR count). The molecule has 1 unspecified atom stereocenters. The lowest BCUT2D eigenvalue weighted by Gasteiger charge is -2.09. The average Bonchev–Trinajstić information content (AvgIpc) is 2.68. The second kappa shape index (κ2) is 2.19. The fraction of sp³-hybridized carbons (Fsp3) is 0.750. The Balaban J connectivity index is 2.07. The minimum atomic E-state index is 0.198. The molecule has 2 heteroatoms. The summed E-state index contributed by atoms with van der Waals surface area (Å²) in [5.41, 5.74) is 1.39. The third-order valence-corrected chi connectivity index (χ3v) is 2.02. The highest BCUT2D eigenvalue weighted by molar-refractivity contribution is 5.99. The van der Waals surface area contributed by atoms with E-state index in [9.17, 15) is 0 Å². The van der Waals surface area contributed by atoms with Crippen LogP contribution in [0.1, 0.15) is 26.2 Å². The van der Waals surface area contributed by atoms with Gasteiger partial charge in [0, 0.05) is 18.3 Å². The molecular weight excluding hydrogens is 124 g/mol. The van der Waals surface area contributed by atoms with E-state index in [0.29, 0.717) is 0 Å². The zero-order valence-corrected chi connectivity index (χ0v) is 6.25. The minimum absolute atomic E-state index is 0.198. The third-order valence-electron chi connectivity index (χ3n) is 2.02. The normalized spacial score (nSPS) is 32.1. The lowest BCUT2D eigenvalue weighted by Crippen LogP contribution is -2.11. The van der Waals surface area contributed by atoms with Crippen molar-refractivity contribution in [2.24, 2.45) is 15.9 Å². The molecule has 0 N–H and O–H groups in total. The molecule has 0 aromatic rings. The Hall–Kier alpha value is -0.660. The fourth-order valence-electron chi connectivity index (χ4n) is 1.31. The first-order valence-electron chi connectivity index (χ1n) is 3.94. The van der Waals surface area contributed by atoms with Gasteiger partial charge in [-0.1, -0.05) is 0 Å². The highest BCUT2D eigenvalue weighted by atomic mass is 15.0. The third kappa shape index (κ3) is 1.11. The summed E-state index contributed by atoms with van der Waals surface area (Å²) in [6, 6.07) is 0. The smallest absolute Gasteiger partial charge is 0.136 e. The second-order valence-corrected chi connectivity index (χ2v) is 3.06. The van der Waals surface area contributed by atoms with Crippen LogP contribution in [0.25, 0.3) is 0 Å². The van der Waals surface area contributed by atoms with Gasteiger partial charge < -0.3 is 0 Å². The van der Waals surface area contributed by atoms with Crippen LogP contribution in [-0.2, 0) is 0 Å². The van der Waals surface area contributed by atoms with Gasteiger partial charge in [-0.2, -0.15) is 0 Å². The van der Waals surface area contributed by atoms with Gasteiger partial charge in [0.05, 0.1) is 0 Å². The summed E-state index contributed by atoms with van der Waals surface area (Å²) in [5, 5.41) is 0.